The van der Waals surface area contributed by atoms with Gasteiger partial charge in [-0.15, -0.1) is 0 Å². The fourth-order valence-electron chi connectivity index (χ4n) is 2.27. The first-order valence-corrected chi connectivity index (χ1v) is 7.67. The van der Waals surface area contributed by atoms with Crippen LogP contribution in [0.25, 0.3) is 0 Å². The zero-order chi connectivity index (χ0) is 14.9. The Morgan fingerprint density at radius 2 is 2.05 bits per heavy atom. The van der Waals surface area contributed by atoms with Gasteiger partial charge >= 0.3 is 0 Å². The largest absolute Gasteiger partial charge is 0.492 e. The van der Waals surface area contributed by atoms with E-state index in [2.05, 4.69) is 23.4 Å². The van der Waals surface area contributed by atoms with Crippen LogP contribution in [-0.2, 0) is 13.5 Å². The molecule has 0 saturated heterocycles. The van der Waals surface area contributed by atoms with Crippen LogP contribution < -0.4 is 10.1 Å². The van der Waals surface area contributed by atoms with E-state index in [0.29, 0.717) is 12.6 Å². The molecule has 1 atom stereocenters. The summed E-state index contributed by atoms with van der Waals surface area (Å²) in [6.45, 7) is 3.90. The number of aryl methyl sites for hydroxylation is 2. The highest BCUT2D eigenvalue weighted by Gasteiger charge is 2.10. The predicted molar refractivity (Wildman–Crippen MR) is 85.5 cm³/mol. The minimum Gasteiger partial charge on any atom is -0.492 e. The Hall–Kier alpha value is -1.81. The van der Waals surface area contributed by atoms with Gasteiger partial charge in [-0.3, -0.25) is 4.68 Å². The first kappa shape index (κ1) is 15.6. The van der Waals surface area contributed by atoms with Crippen LogP contribution in [0, 0.1) is 0 Å². The molecule has 0 aliphatic carbocycles. The molecule has 0 aliphatic heterocycles. The number of benzene rings is 1. The lowest BCUT2D eigenvalue weighted by molar-refractivity contribution is 0.256. The van der Waals surface area contributed by atoms with Gasteiger partial charge in [-0.25, -0.2) is 0 Å². The van der Waals surface area contributed by atoms with Crippen LogP contribution in [0.15, 0.2) is 42.6 Å². The van der Waals surface area contributed by atoms with Crippen molar-refractivity contribution in [1.29, 1.82) is 0 Å². The van der Waals surface area contributed by atoms with E-state index in [9.17, 15) is 0 Å². The van der Waals surface area contributed by atoms with Gasteiger partial charge in [0.25, 0.3) is 0 Å². The molecule has 0 aliphatic rings. The second kappa shape index (κ2) is 8.47. The number of hydrogen-bond donors (Lipinski definition) is 1. The van der Waals surface area contributed by atoms with Gasteiger partial charge in [0, 0.05) is 25.0 Å². The molecule has 2 aromatic rings. The second-order valence-corrected chi connectivity index (χ2v) is 5.26. The Balaban J connectivity index is 1.83. The van der Waals surface area contributed by atoms with Crippen LogP contribution in [0.1, 0.15) is 25.5 Å². The summed E-state index contributed by atoms with van der Waals surface area (Å²) in [5.74, 6) is 0.932. The molecule has 4 nitrogen and oxygen atoms in total. The highest BCUT2D eigenvalue weighted by atomic mass is 16.5. The molecule has 0 spiro atoms. The van der Waals surface area contributed by atoms with Crippen LogP contribution in [0.5, 0.6) is 5.75 Å². The molecule has 4 heteroatoms. The molecule has 1 aromatic carbocycles. The summed E-state index contributed by atoms with van der Waals surface area (Å²) in [6, 6.07) is 12.4. The van der Waals surface area contributed by atoms with Crippen molar-refractivity contribution >= 4 is 0 Å². The summed E-state index contributed by atoms with van der Waals surface area (Å²) in [5.41, 5.74) is 1.26. The maximum atomic E-state index is 5.88. The molecular weight excluding hydrogens is 262 g/mol. The van der Waals surface area contributed by atoms with E-state index in [-0.39, 0.29) is 0 Å². The van der Waals surface area contributed by atoms with Gasteiger partial charge in [-0.2, -0.15) is 5.10 Å². The van der Waals surface area contributed by atoms with E-state index in [1.54, 1.807) is 0 Å². The van der Waals surface area contributed by atoms with Gasteiger partial charge < -0.3 is 10.1 Å². The highest BCUT2D eigenvalue weighted by Crippen LogP contribution is 2.10. The first-order valence-electron chi connectivity index (χ1n) is 7.67. The summed E-state index contributed by atoms with van der Waals surface area (Å²) in [7, 11) is 1.99. The number of nitrogens with one attached hydrogen (secondary N) is 1. The normalized spacial score (nSPS) is 12.3. The minimum absolute atomic E-state index is 0.361. The third-order valence-corrected chi connectivity index (χ3v) is 3.55. The van der Waals surface area contributed by atoms with Gasteiger partial charge in [-0.1, -0.05) is 25.1 Å². The van der Waals surface area contributed by atoms with Crippen molar-refractivity contribution in [2.75, 3.05) is 13.2 Å². The van der Waals surface area contributed by atoms with Gasteiger partial charge in [0.1, 0.15) is 12.4 Å². The lowest BCUT2D eigenvalue weighted by Crippen LogP contribution is -2.35. The van der Waals surface area contributed by atoms with Gasteiger partial charge in [0.05, 0.1) is 0 Å². The van der Waals surface area contributed by atoms with Crippen LogP contribution in [0.4, 0.5) is 0 Å². The average molecular weight is 287 g/mol. The molecule has 2 rings (SSSR count). The molecule has 114 valence electrons. The summed E-state index contributed by atoms with van der Waals surface area (Å²) >= 11 is 0. The molecule has 21 heavy (non-hydrogen) atoms. The summed E-state index contributed by atoms with van der Waals surface area (Å²) in [5, 5.41) is 7.78. The Morgan fingerprint density at radius 3 is 2.71 bits per heavy atom. The smallest absolute Gasteiger partial charge is 0.119 e. The quantitative estimate of drug-likeness (QED) is 0.771. The van der Waals surface area contributed by atoms with Crippen LogP contribution >= 0.6 is 0 Å². The SMILES string of the molecule is CCCNC(CCc1ccnn1C)COc1ccccc1. The van der Waals surface area contributed by atoms with Crippen molar-refractivity contribution < 1.29 is 4.74 Å². The number of ether oxygens (including phenoxy) is 1. The summed E-state index contributed by atoms with van der Waals surface area (Å²) in [6.07, 6.45) is 5.04. The fourth-order valence-corrected chi connectivity index (χ4v) is 2.27. The molecule has 0 amide bonds. The number of aromatic nitrogens is 2. The standard InChI is InChI=1S/C17H25N3O/c1-3-12-18-15(9-10-16-11-13-19-20(16)2)14-21-17-7-5-4-6-8-17/h4-8,11,13,15,18H,3,9-10,12,14H2,1-2H3. The second-order valence-electron chi connectivity index (χ2n) is 5.26. The first-order chi connectivity index (χ1) is 10.3. The van der Waals surface area contributed by atoms with Crippen molar-refractivity contribution in [3.05, 3.63) is 48.3 Å². The number of para-hydroxylation sites is 1. The summed E-state index contributed by atoms with van der Waals surface area (Å²) < 4.78 is 7.82. The van der Waals surface area contributed by atoms with E-state index in [4.69, 9.17) is 4.74 Å². The zero-order valence-corrected chi connectivity index (χ0v) is 13.0. The Labute approximate surface area is 127 Å². The fraction of sp³-hybridized carbons (Fsp3) is 0.471. The van der Waals surface area contributed by atoms with Crippen LogP contribution in [0.3, 0.4) is 0 Å². The van der Waals surface area contributed by atoms with Crippen molar-refractivity contribution in [3.63, 3.8) is 0 Å². The van der Waals surface area contributed by atoms with Gasteiger partial charge in [-0.05, 0) is 44.0 Å². The monoisotopic (exact) mass is 287 g/mol. The Morgan fingerprint density at radius 1 is 1.24 bits per heavy atom. The lowest BCUT2D eigenvalue weighted by Gasteiger charge is -2.19. The molecule has 1 aromatic heterocycles. The topological polar surface area (TPSA) is 39.1 Å². The van der Waals surface area contributed by atoms with E-state index in [1.807, 2.05) is 48.3 Å². The molecule has 0 bridgehead atoms. The number of nitrogens with zero attached hydrogens (tertiary/aromatic N) is 2. The van der Waals surface area contributed by atoms with Crippen molar-refractivity contribution in [3.8, 4) is 5.75 Å². The molecule has 1 unspecified atom stereocenters. The number of hydrogen-bond acceptors (Lipinski definition) is 3. The molecule has 0 saturated carbocycles. The summed E-state index contributed by atoms with van der Waals surface area (Å²) in [4.78, 5) is 0. The van der Waals surface area contributed by atoms with Crippen molar-refractivity contribution in [2.45, 2.75) is 32.2 Å². The molecule has 0 radical (unpaired) electrons. The van der Waals surface area contributed by atoms with E-state index >= 15 is 0 Å². The van der Waals surface area contributed by atoms with E-state index < -0.39 is 0 Å². The zero-order valence-electron chi connectivity index (χ0n) is 13.0. The average Bonchev–Trinajstić information content (AvgIpc) is 2.93. The van der Waals surface area contributed by atoms with E-state index in [1.165, 1.54) is 5.69 Å². The minimum atomic E-state index is 0.361. The van der Waals surface area contributed by atoms with Crippen LogP contribution in [0.2, 0.25) is 0 Å². The maximum Gasteiger partial charge on any atom is 0.119 e. The molecule has 1 heterocycles. The highest BCUT2D eigenvalue weighted by molar-refractivity contribution is 5.20. The third kappa shape index (κ3) is 5.23. The van der Waals surface area contributed by atoms with Crippen molar-refractivity contribution in [1.82, 2.24) is 15.1 Å². The molecule has 0 fully saturated rings. The number of rotatable bonds is 9. The maximum absolute atomic E-state index is 5.88. The van der Waals surface area contributed by atoms with Gasteiger partial charge in [0.2, 0.25) is 0 Å². The Bertz CT molecular complexity index is 510. The van der Waals surface area contributed by atoms with E-state index in [0.717, 1.165) is 31.6 Å². The molecular formula is C17H25N3O. The molecule has 1 N–H and O–H groups in total. The predicted octanol–water partition coefficient (Wildman–Crippen LogP) is 2.80. The van der Waals surface area contributed by atoms with Crippen LogP contribution in [-0.4, -0.2) is 29.0 Å². The third-order valence-electron chi connectivity index (χ3n) is 3.55. The lowest BCUT2D eigenvalue weighted by atomic mass is 10.1. The Kier molecular flexibility index (Phi) is 6.28. The van der Waals surface area contributed by atoms with Crippen molar-refractivity contribution in [2.24, 2.45) is 7.05 Å². The van der Waals surface area contributed by atoms with Gasteiger partial charge in [0.15, 0.2) is 0 Å².